The molecule has 0 spiro atoms. The van der Waals surface area contributed by atoms with Gasteiger partial charge in [0.25, 0.3) is 10.0 Å². The van der Waals surface area contributed by atoms with Crippen molar-refractivity contribution < 1.29 is 27.5 Å². The summed E-state index contributed by atoms with van der Waals surface area (Å²) in [6.07, 6.45) is -0.957. The van der Waals surface area contributed by atoms with Crippen LogP contribution in [0.4, 0.5) is 5.69 Å². The molecule has 0 heterocycles. The number of sulfonamides is 1. The fourth-order valence-corrected chi connectivity index (χ4v) is 4.02. The number of rotatable bonds is 8. The highest BCUT2D eigenvalue weighted by molar-refractivity contribution is 7.92. The van der Waals surface area contributed by atoms with Gasteiger partial charge < -0.3 is 9.47 Å². The molecule has 0 aliphatic heterocycles. The topological polar surface area (TPSA) is 90.0 Å². The van der Waals surface area contributed by atoms with Gasteiger partial charge in [-0.1, -0.05) is 35.9 Å². The summed E-state index contributed by atoms with van der Waals surface area (Å²) in [6, 6.07) is 14.9. The molecule has 0 saturated carbocycles. The Balaban J connectivity index is 2.42. The first-order valence-electron chi connectivity index (χ1n) is 8.65. The number of ether oxygens (including phenoxy) is 2. The Kier molecular flexibility index (Phi) is 7.17. The highest BCUT2D eigenvalue weighted by Crippen LogP contribution is 2.24. The van der Waals surface area contributed by atoms with E-state index in [1.165, 1.54) is 26.0 Å². The maximum absolute atomic E-state index is 13.3. The molecule has 2 rings (SSSR count). The predicted octanol–water partition coefficient (Wildman–Crippen LogP) is 2.69. The van der Waals surface area contributed by atoms with Crippen LogP contribution >= 0.6 is 0 Å². The molecule has 0 amide bonds. The van der Waals surface area contributed by atoms with Gasteiger partial charge in [0, 0.05) is 13.8 Å². The van der Waals surface area contributed by atoms with Crippen molar-refractivity contribution in [3.05, 3.63) is 60.2 Å². The van der Waals surface area contributed by atoms with Crippen LogP contribution in [-0.2, 0) is 29.1 Å². The standard InChI is InChI=1S/C20H23NO6S/c1-15-9-11-20(12-10-15)28(24,25)21(18-7-5-4-6-8-18)13-19(27-17(3)23)14-26-16(2)22/h4-12,19H,13-14H2,1-3H3/t19-/m0/s1. The average molecular weight is 405 g/mol. The van der Waals surface area contributed by atoms with Crippen molar-refractivity contribution in [1.29, 1.82) is 0 Å². The first-order valence-corrected chi connectivity index (χ1v) is 10.1. The molecule has 2 aromatic rings. The summed E-state index contributed by atoms with van der Waals surface area (Å²) in [5, 5.41) is 0. The predicted molar refractivity (Wildman–Crippen MR) is 104 cm³/mol. The zero-order chi connectivity index (χ0) is 20.7. The van der Waals surface area contributed by atoms with Crippen LogP contribution in [0, 0.1) is 6.92 Å². The van der Waals surface area contributed by atoms with E-state index in [4.69, 9.17) is 9.47 Å². The smallest absolute Gasteiger partial charge is 0.303 e. The van der Waals surface area contributed by atoms with Crippen LogP contribution in [-0.4, -0.2) is 39.6 Å². The molecule has 28 heavy (non-hydrogen) atoms. The van der Waals surface area contributed by atoms with Gasteiger partial charge in [0.2, 0.25) is 0 Å². The van der Waals surface area contributed by atoms with Crippen LogP contribution in [0.1, 0.15) is 19.4 Å². The summed E-state index contributed by atoms with van der Waals surface area (Å²) in [5.74, 6) is -1.15. The number of hydrogen-bond donors (Lipinski definition) is 0. The minimum absolute atomic E-state index is 0.107. The summed E-state index contributed by atoms with van der Waals surface area (Å²) in [5.41, 5.74) is 1.33. The molecule has 0 saturated heterocycles. The summed E-state index contributed by atoms with van der Waals surface area (Å²) in [6.45, 7) is 3.85. The lowest BCUT2D eigenvalue weighted by molar-refractivity contribution is -0.155. The first-order chi connectivity index (χ1) is 13.2. The fourth-order valence-electron chi connectivity index (χ4n) is 2.53. The van der Waals surface area contributed by atoms with Crippen molar-refractivity contribution >= 4 is 27.6 Å². The maximum Gasteiger partial charge on any atom is 0.303 e. The Bertz CT molecular complexity index is 909. The van der Waals surface area contributed by atoms with Gasteiger partial charge in [0.15, 0.2) is 6.10 Å². The Morgan fingerprint density at radius 3 is 2.11 bits per heavy atom. The number of para-hydroxylation sites is 1. The second-order valence-corrected chi connectivity index (χ2v) is 8.08. The summed E-state index contributed by atoms with van der Waals surface area (Å²) < 4.78 is 37.8. The third-order valence-electron chi connectivity index (χ3n) is 3.83. The van der Waals surface area contributed by atoms with E-state index in [0.717, 1.165) is 9.87 Å². The zero-order valence-electron chi connectivity index (χ0n) is 16.0. The van der Waals surface area contributed by atoms with Gasteiger partial charge >= 0.3 is 11.9 Å². The van der Waals surface area contributed by atoms with Gasteiger partial charge in [0.1, 0.15) is 6.61 Å². The van der Waals surface area contributed by atoms with Gasteiger partial charge in [-0.25, -0.2) is 8.42 Å². The van der Waals surface area contributed by atoms with E-state index < -0.39 is 28.1 Å². The minimum Gasteiger partial charge on any atom is -0.462 e. The Hall–Kier alpha value is -2.87. The third kappa shape index (κ3) is 5.82. The van der Waals surface area contributed by atoms with Gasteiger partial charge in [0.05, 0.1) is 17.1 Å². The number of hydrogen-bond acceptors (Lipinski definition) is 6. The fraction of sp³-hybridized carbons (Fsp3) is 0.300. The lowest BCUT2D eigenvalue weighted by Gasteiger charge is -2.28. The van der Waals surface area contributed by atoms with E-state index >= 15 is 0 Å². The zero-order valence-corrected chi connectivity index (χ0v) is 16.8. The first kappa shape index (κ1) is 21.4. The summed E-state index contributed by atoms with van der Waals surface area (Å²) in [7, 11) is -3.94. The van der Waals surface area contributed by atoms with Crippen molar-refractivity contribution in [2.75, 3.05) is 17.5 Å². The molecule has 0 unspecified atom stereocenters. The maximum atomic E-state index is 13.3. The molecule has 7 nitrogen and oxygen atoms in total. The summed E-state index contributed by atoms with van der Waals surface area (Å²) in [4.78, 5) is 22.7. The van der Waals surface area contributed by atoms with Crippen molar-refractivity contribution in [1.82, 2.24) is 0 Å². The van der Waals surface area contributed by atoms with E-state index in [1.54, 1.807) is 42.5 Å². The highest BCUT2D eigenvalue weighted by Gasteiger charge is 2.29. The van der Waals surface area contributed by atoms with E-state index in [1.807, 2.05) is 6.92 Å². The number of benzene rings is 2. The van der Waals surface area contributed by atoms with Crippen molar-refractivity contribution in [3.8, 4) is 0 Å². The quantitative estimate of drug-likeness (QED) is 0.627. The Morgan fingerprint density at radius 2 is 1.57 bits per heavy atom. The summed E-state index contributed by atoms with van der Waals surface area (Å²) >= 11 is 0. The molecule has 1 atom stereocenters. The molecule has 8 heteroatoms. The van der Waals surface area contributed by atoms with Crippen molar-refractivity contribution in [2.45, 2.75) is 31.8 Å². The molecule has 0 bridgehead atoms. The lowest BCUT2D eigenvalue weighted by Crippen LogP contribution is -2.41. The van der Waals surface area contributed by atoms with Gasteiger partial charge in [-0.2, -0.15) is 0 Å². The number of nitrogens with zero attached hydrogens (tertiary/aromatic N) is 1. The van der Waals surface area contributed by atoms with E-state index in [-0.39, 0.29) is 18.0 Å². The minimum atomic E-state index is -3.94. The van der Waals surface area contributed by atoms with Crippen LogP contribution < -0.4 is 4.31 Å². The molecule has 150 valence electrons. The molecule has 0 aromatic heterocycles. The van der Waals surface area contributed by atoms with Crippen LogP contribution in [0.5, 0.6) is 0 Å². The average Bonchev–Trinajstić information content (AvgIpc) is 2.64. The lowest BCUT2D eigenvalue weighted by atomic mass is 10.2. The molecule has 0 aliphatic rings. The van der Waals surface area contributed by atoms with Crippen molar-refractivity contribution in [2.24, 2.45) is 0 Å². The second kappa shape index (κ2) is 9.36. The van der Waals surface area contributed by atoms with Gasteiger partial charge in [-0.05, 0) is 31.2 Å². The third-order valence-corrected chi connectivity index (χ3v) is 5.64. The van der Waals surface area contributed by atoms with Crippen LogP contribution in [0.15, 0.2) is 59.5 Å². The second-order valence-electron chi connectivity index (χ2n) is 6.22. The van der Waals surface area contributed by atoms with Gasteiger partial charge in [-0.15, -0.1) is 0 Å². The Labute approximate surface area is 164 Å². The van der Waals surface area contributed by atoms with Gasteiger partial charge in [-0.3, -0.25) is 13.9 Å². The molecular weight excluding hydrogens is 382 g/mol. The van der Waals surface area contributed by atoms with E-state index in [2.05, 4.69) is 0 Å². The molecule has 0 N–H and O–H groups in total. The normalized spacial score (nSPS) is 12.1. The number of aryl methyl sites for hydroxylation is 1. The molecule has 0 fully saturated rings. The van der Waals surface area contributed by atoms with Crippen LogP contribution in [0.3, 0.4) is 0 Å². The number of esters is 2. The molecular formula is C20H23NO6S. The number of carbonyl (C=O) groups excluding carboxylic acids is 2. The monoisotopic (exact) mass is 405 g/mol. The molecule has 2 aromatic carbocycles. The van der Waals surface area contributed by atoms with Crippen LogP contribution in [0.25, 0.3) is 0 Å². The highest BCUT2D eigenvalue weighted by atomic mass is 32.2. The van der Waals surface area contributed by atoms with E-state index in [9.17, 15) is 18.0 Å². The Morgan fingerprint density at radius 1 is 0.964 bits per heavy atom. The molecule has 0 aliphatic carbocycles. The largest absolute Gasteiger partial charge is 0.462 e. The number of carbonyl (C=O) groups is 2. The van der Waals surface area contributed by atoms with E-state index in [0.29, 0.717) is 5.69 Å². The molecule has 0 radical (unpaired) electrons. The van der Waals surface area contributed by atoms with Crippen LogP contribution in [0.2, 0.25) is 0 Å². The van der Waals surface area contributed by atoms with Crippen molar-refractivity contribution in [3.63, 3.8) is 0 Å². The SMILES string of the molecule is CC(=O)OC[C@H](CN(c1ccccc1)S(=O)(=O)c1ccc(C)cc1)OC(C)=O. The number of anilines is 1.